The van der Waals surface area contributed by atoms with Crippen molar-refractivity contribution in [2.24, 2.45) is 11.1 Å². The lowest BCUT2D eigenvalue weighted by molar-refractivity contribution is -0.135. The van der Waals surface area contributed by atoms with Gasteiger partial charge in [-0.2, -0.15) is 0 Å². The van der Waals surface area contributed by atoms with Gasteiger partial charge in [-0.25, -0.2) is 0 Å². The summed E-state index contributed by atoms with van der Waals surface area (Å²) in [7, 11) is 0. The van der Waals surface area contributed by atoms with Crippen LogP contribution in [-0.2, 0) is 28.5 Å². The van der Waals surface area contributed by atoms with E-state index in [1.807, 2.05) is 20.8 Å². The first-order chi connectivity index (χ1) is 10.9. The number of primary amides is 1. The molecular formula is C16H33NO6. The molecule has 0 aromatic carbocycles. The second-order valence-electron chi connectivity index (χ2n) is 5.76. The monoisotopic (exact) mass is 335 g/mol. The van der Waals surface area contributed by atoms with E-state index in [0.717, 1.165) is 0 Å². The van der Waals surface area contributed by atoms with Crippen molar-refractivity contribution in [2.45, 2.75) is 33.8 Å². The summed E-state index contributed by atoms with van der Waals surface area (Å²) in [6, 6.07) is 0. The van der Waals surface area contributed by atoms with Gasteiger partial charge in [-0.1, -0.05) is 0 Å². The molecule has 0 aliphatic carbocycles. The third-order valence-electron chi connectivity index (χ3n) is 3.06. The van der Waals surface area contributed by atoms with Gasteiger partial charge in [0.15, 0.2) is 0 Å². The first kappa shape index (κ1) is 22.3. The van der Waals surface area contributed by atoms with Crippen LogP contribution in [0.15, 0.2) is 0 Å². The van der Waals surface area contributed by atoms with Crippen LogP contribution in [0.1, 0.15) is 27.7 Å². The van der Waals surface area contributed by atoms with E-state index in [2.05, 4.69) is 0 Å². The summed E-state index contributed by atoms with van der Waals surface area (Å²) < 4.78 is 26.8. The van der Waals surface area contributed by atoms with E-state index in [4.69, 9.17) is 29.4 Å². The summed E-state index contributed by atoms with van der Waals surface area (Å²) in [6.07, 6.45) is 0.223. The van der Waals surface area contributed by atoms with Crippen molar-refractivity contribution in [3.05, 3.63) is 0 Å². The first-order valence-electron chi connectivity index (χ1n) is 8.15. The van der Waals surface area contributed by atoms with Crippen LogP contribution < -0.4 is 5.73 Å². The Morgan fingerprint density at radius 1 is 0.913 bits per heavy atom. The van der Waals surface area contributed by atoms with Gasteiger partial charge in [-0.05, 0) is 27.7 Å². The highest BCUT2D eigenvalue weighted by atomic mass is 16.6. The lowest BCUT2D eigenvalue weighted by Gasteiger charge is -2.25. The second kappa shape index (κ2) is 13.7. The van der Waals surface area contributed by atoms with Crippen molar-refractivity contribution in [1.82, 2.24) is 0 Å². The summed E-state index contributed by atoms with van der Waals surface area (Å²) in [5, 5.41) is 0. The molecule has 1 atom stereocenters. The zero-order valence-corrected chi connectivity index (χ0v) is 15.0. The van der Waals surface area contributed by atoms with Crippen molar-refractivity contribution in [3.63, 3.8) is 0 Å². The molecule has 0 saturated carbocycles. The number of carbonyl (C=O) groups is 1. The van der Waals surface area contributed by atoms with Crippen LogP contribution in [0.4, 0.5) is 0 Å². The van der Waals surface area contributed by atoms with Crippen LogP contribution in [-0.4, -0.2) is 71.5 Å². The highest BCUT2D eigenvalue weighted by Crippen LogP contribution is 2.16. The quantitative estimate of drug-likeness (QED) is 0.423. The highest BCUT2D eigenvalue weighted by molar-refractivity contribution is 5.80. The van der Waals surface area contributed by atoms with Crippen LogP contribution in [0.25, 0.3) is 0 Å². The van der Waals surface area contributed by atoms with E-state index in [9.17, 15) is 4.79 Å². The predicted molar refractivity (Wildman–Crippen MR) is 87.3 cm³/mol. The molecule has 0 aromatic heterocycles. The molecular weight excluding hydrogens is 302 g/mol. The van der Waals surface area contributed by atoms with Crippen LogP contribution in [0.2, 0.25) is 0 Å². The largest absolute Gasteiger partial charge is 0.381 e. The third kappa shape index (κ3) is 12.4. The van der Waals surface area contributed by atoms with Gasteiger partial charge in [0.25, 0.3) is 0 Å². The van der Waals surface area contributed by atoms with E-state index >= 15 is 0 Å². The average Bonchev–Trinajstić information content (AvgIpc) is 2.50. The van der Waals surface area contributed by atoms with Gasteiger partial charge in [0.2, 0.25) is 5.91 Å². The van der Waals surface area contributed by atoms with Crippen molar-refractivity contribution >= 4 is 5.91 Å². The van der Waals surface area contributed by atoms with Crippen LogP contribution >= 0.6 is 0 Å². The molecule has 0 spiro atoms. The number of amides is 1. The molecule has 23 heavy (non-hydrogen) atoms. The maximum Gasteiger partial charge on any atom is 0.228 e. The smallest absolute Gasteiger partial charge is 0.228 e. The zero-order valence-electron chi connectivity index (χ0n) is 15.0. The topological polar surface area (TPSA) is 89.2 Å². The molecule has 0 aromatic rings. The third-order valence-corrected chi connectivity index (χ3v) is 3.06. The summed E-state index contributed by atoms with van der Waals surface area (Å²) in [5.41, 5.74) is 4.58. The number of rotatable bonds is 16. The van der Waals surface area contributed by atoms with E-state index in [-0.39, 0.29) is 19.3 Å². The van der Waals surface area contributed by atoms with Crippen LogP contribution in [0.5, 0.6) is 0 Å². The van der Waals surface area contributed by atoms with Crippen LogP contribution in [0, 0.1) is 5.41 Å². The van der Waals surface area contributed by atoms with Crippen molar-refractivity contribution in [1.29, 1.82) is 0 Å². The molecule has 2 N–H and O–H groups in total. The molecule has 1 unspecified atom stereocenters. The maximum absolute atomic E-state index is 11.5. The van der Waals surface area contributed by atoms with Gasteiger partial charge in [-0.15, -0.1) is 0 Å². The minimum absolute atomic E-state index is 0.217. The SMILES string of the molecule is CCOCC(C)(COCCOCCOCCOC(C)C)C(N)=O. The summed E-state index contributed by atoms with van der Waals surface area (Å²) >= 11 is 0. The number of ether oxygens (including phenoxy) is 5. The maximum atomic E-state index is 11.5. The number of hydrogen-bond donors (Lipinski definition) is 1. The molecule has 1 amide bonds. The summed E-state index contributed by atoms with van der Waals surface area (Å²) in [5.74, 6) is -0.427. The standard InChI is InChI=1S/C16H33NO6/c1-5-19-12-16(4,15(17)18)13-22-9-8-20-6-7-21-10-11-23-14(2)3/h14H,5-13H2,1-4H3,(H2,17,18). The van der Waals surface area contributed by atoms with Crippen LogP contribution in [0.3, 0.4) is 0 Å². The van der Waals surface area contributed by atoms with Gasteiger partial charge in [0.1, 0.15) is 0 Å². The number of carbonyl (C=O) groups excluding carboxylic acids is 1. The Balaban J connectivity index is 3.51. The molecule has 0 aliphatic heterocycles. The molecule has 0 rings (SSSR count). The van der Waals surface area contributed by atoms with Gasteiger partial charge in [0.05, 0.1) is 64.4 Å². The van der Waals surface area contributed by atoms with Gasteiger partial charge >= 0.3 is 0 Å². The predicted octanol–water partition coefficient (Wildman–Crippen LogP) is 0.989. The minimum atomic E-state index is -0.810. The number of nitrogens with two attached hydrogens (primary N) is 1. The zero-order chi connectivity index (χ0) is 17.6. The Morgan fingerprint density at radius 2 is 1.39 bits per heavy atom. The molecule has 7 nitrogen and oxygen atoms in total. The first-order valence-corrected chi connectivity index (χ1v) is 8.15. The Hall–Kier alpha value is -0.730. The van der Waals surface area contributed by atoms with E-state index in [0.29, 0.717) is 46.2 Å². The fourth-order valence-electron chi connectivity index (χ4n) is 1.59. The molecule has 0 bridgehead atoms. The molecule has 7 heteroatoms. The Kier molecular flexibility index (Phi) is 13.3. The summed E-state index contributed by atoms with van der Waals surface area (Å²) in [4.78, 5) is 11.5. The fourth-order valence-corrected chi connectivity index (χ4v) is 1.59. The fraction of sp³-hybridized carbons (Fsp3) is 0.938. The Bertz CT molecular complexity index is 300. The van der Waals surface area contributed by atoms with E-state index in [1.165, 1.54) is 0 Å². The van der Waals surface area contributed by atoms with Crippen molar-refractivity contribution < 1.29 is 28.5 Å². The van der Waals surface area contributed by atoms with E-state index in [1.54, 1.807) is 6.92 Å². The lowest BCUT2D eigenvalue weighted by Crippen LogP contribution is -2.42. The van der Waals surface area contributed by atoms with Gasteiger partial charge in [-0.3, -0.25) is 4.79 Å². The van der Waals surface area contributed by atoms with E-state index < -0.39 is 11.3 Å². The normalized spacial score (nSPS) is 14.1. The summed E-state index contributed by atoms with van der Waals surface area (Å²) in [6.45, 7) is 11.6. The minimum Gasteiger partial charge on any atom is -0.381 e. The molecule has 138 valence electrons. The van der Waals surface area contributed by atoms with Gasteiger partial charge in [0, 0.05) is 6.61 Å². The molecule has 0 aliphatic rings. The lowest BCUT2D eigenvalue weighted by atomic mass is 9.92. The average molecular weight is 335 g/mol. The van der Waals surface area contributed by atoms with Crippen molar-refractivity contribution in [3.8, 4) is 0 Å². The Labute approximate surface area is 139 Å². The van der Waals surface area contributed by atoms with Gasteiger partial charge < -0.3 is 29.4 Å². The molecule has 0 fully saturated rings. The molecule has 0 saturated heterocycles. The molecule has 0 heterocycles. The van der Waals surface area contributed by atoms with Crippen molar-refractivity contribution in [2.75, 3.05) is 59.5 Å². The second-order valence-corrected chi connectivity index (χ2v) is 5.76. The highest BCUT2D eigenvalue weighted by Gasteiger charge is 2.31. The number of hydrogen-bond acceptors (Lipinski definition) is 6. The molecule has 0 radical (unpaired) electrons. The Morgan fingerprint density at radius 3 is 1.87 bits per heavy atom.